The predicted octanol–water partition coefficient (Wildman–Crippen LogP) is 2.14. The molecule has 0 fully saturated rings. The van der Waals surface area contributed by atoms with Crippen molar-refractivity contribution in [3.8, 4) is 0 Å². The first-order valence-corrected chi connectivity index (χ1v) is 4.01. The Labute approximate surface area is 79.7 Å². The standard InChI is InChI=1S/C9H11F3N2/c1-5-6(3-2-4-7(5)13)8(14)9(10,11)12/h2-4,8H,13-14H2,1H3/t8-/m1/s1. The minimum absolute atomic E-state index is 0.0255. The van der Waals surface area contributed by atoms with Crippen molar-refractivity contribution < 1.29 is 13.2 Å². The molecule has 0 aliphatic rings. The molecule has 0 unspecified atom stereocenters. The van der Waals surface area contributed by atoms with Crippen LogP contribution in [-0.4, -0.2) is 6.18 Å². The van der Waals surface area contributed by atoms with Crippen LogP contribution in [0.4, 0.5) is 18.9 Å². The topological polar surface area (TPSA) is 52.0 Å². The number of hydrogen-bond acceptors (Lipinski definition) is 2. The molecule has 1 aromatic rings. The van der Waals surface area contributed by atoms with Gasteiger partial charge in [0.1, 0.15) is 6.04 Å². The zero-order valence-electron chi connectivity index (χ0n) is 7.60. The second-order valence-electron chi connectivity index (χ2n) is 3.08. The van der Waals surface area contributed by atoms with E-state index in [9.17, 15) is 13.2 Å². The summed E-state index contributed by atoms with van der Waals surface area (Å²) in [5.74, 6) is 0. The normalized spacial score (nSPS) is 14.1. The van der Waals surface area contributed by atoms with Crippen molar-refractivity contribution in [2.45, 2.75) is 19.1 Å². The molecule has 0 heterocycles. The van der Waals surface area contributed by atoms with Gasteiger partial charge in [-0.3, -0.25) is 0 Å². The highest BCUT2D eigenvalue weighted by Crippen LogP contribution is 2.33. The van der Waals surface area contributed by atoms with Crippen molar-refractivity contribution in [3.63, 3.8) is 0 Å². The van der Waals surface area contributed by atoms with Gasteiger partial charge in [0.15, 0.2) is 0 Å². The monoisotopic (exact) mass is 204 g/mol. The van der Waals surface area contributed by atoms with Crippen molar-refractivity contribution in [2.24, 2.45) is 5.73 Å². The van der Waals surface area contributed by atoms with Gasteiger partial charge >= 0.3 is 6.18 Å². The first-order valence-electron chi connectivity index (χ1n) is 4.01. The number of nitrogen functional groups attached to an aromatic ring is 1. The summed E-state index contributed by atoms with van der Waals surface area (Å²) >= 11 is 0. The van der Waals surface area contributed by atoms with Gasteiger partial charge in [0.05, 0.1) is 0 Å². The fourth-order valence-electron chi connectivity index (χ4n) is 1.19. The summed E-state index contributed by atoms with van der Waals surface area (Å²) in [5, 5.41) is 0. The van der Waals surface area contributed by atoms with Crippen LogP contribution in [0.5, 0.6) is 0 Å². The van der Waals surface area contributed by atoms with Crippen LogP contribution in [0.15, 0.2) is 18.2 Å². The Bertz CT molecular complexity index is 333. The summed E-state index contributed by atoms with van der Waals surface area (Å²) < 4.78 is 36.8. The third kappa shape index (κ3) is 1.98. The molecule has 0 bridgehead atoms. The van der Waals surface area contributed by atoms with E-state index >= 15 is 0 Å². The summed E-state index contributed by atoms with van der Waals surface area (Å²) in [6.45, 7) is 1.52. The van der Waals surface area contributed by atoms with E-state index in [2.05, 4.69) is 0 Å². The van der Waals surface area contributed by atoms with Gasteiger partial charge in [-0.05, 0) is 24.1 Å². The molecule has 78 valence electrons. The van der Waals surface area contributed by atoms with Gasteiger partial charge in [0, 0.05) is 5.69 Å². The number of rotatable bonds is 1. The minimum Gasteiger partial charge on any atom is -0.399 e. The summed E-state index contributed by atoms with van der Waals surface area (Å²) in [6, 6.07) is 2.38. The van der Waals surface area contributed by atoms with Gasteiger partial charge in [0.2, 0.25) is 0 Å². The quantitative estimate of drug-likeness (QED) is 0.688. The summed E-state index contributed by atoms with van der Waals surface area (Å²) in [6.07, 6.45) is -4.43. The number of alkyl halides is 3. The Morgan fingerprint density at radius 2 is 1.86 bits per heavy atom. The lowest BCUT2D eigenvalue weighted by molar-refractivity contribution is -0.149. The van der Waals surface area contributed by atoms with Crippen LogP contribution in [0.25, 0.3) is 0 Å². The second kappa shape index (κ2) is 3.49. The van der Waals surface area contributed by atoms with Crippen molar-refractivity contribution in [1.29, 1.82) is 0 Å². The Morgan fingerprint density at radius 1 is 1.29 bits per heavy atom. The number of benzene rings is 1. The first-order chi connectivity index (χ1) is 6.34. The lowest BCUT2D eigenvalue weighted by atomic mass is 10.0. The zero-order chi connectivity index (χ0) is 10.9. The highest BCUT2D eigenvalue weighted by molar-refractivity contribution is 5.51. The van der Waals surface area contributed by atoms with Crippen LogP contribution in [0.2, 0.25) is 0 Å². The molecule has 1 aromatic carbocycles. The van der Waals surface area contributed by atoms with E-state index in [0.717, 1.165) is 0 Å². The molecular formula is C9H11F3N2. The average molecular weight is 204 g/mol. The molecule has 4 N–H and O–H groups in total. The second-order valence-corrected chi connectivity index (χ2v) is 3.08. The van der Waals surface area contributed by atoms with E-state index in [1.54, 1.807) is 6.07 Å². The maximum Gasteiger partial charge on any atom is 0.407 e. The Morgan fingerprint density at radius 3 is 2.36 bits per heavy atom. The predicted molar refractivity (Wildman–Crippen MR) is 48.6 cm³/mol. The maximum absolute atomic E-state index is 12.3. The van der Waals surface area contributed by atoms with Crippen LogP contribution < -0.4 is 11.5 Å². The molecule has 1 rings (SSSR count). The van der Waals surface area contributed by atoms with E-state index in [1.165, 1.54) is 19.1 Å². The fourth-order valence-corrected chi connectivity index (χ4v) is 1.19. The molecule has 1 atom stereocenters. The Kier molecular flexibility index (Phi) is 2.71. The molecule has 0 spiro atoms. The molecule has 0 saturated heterocycles. The maximum atomic E-state index is 12.3. The minimum atomic E-state index is -4.43. The first kappa shape index (κ1) is 10.8. The summed E-state index contributed by atoms with van der Waals surface area (Å²) in [7, 11) is 0. The molecule has 0 radical (unpaired) electrons. The molecule has 14 heavy (non-hydrogen) atoms. The van der Waals surface area contributed by atoms with Crippen molar-refractivity contribution in [2.75, 3.05) is 5.73 Å². The zero-order valence-corrected chi connectivity index (χ0v) is 7.60. The van der Waals surface area contributed by atoms with Gasteiger partial charge in [-0.25, -0.2) is 0 Å². The third-order valence-electron chi connectivity index (χ3n) is 2.11. The van der Waals surface area contributed by atoms with E-state index in [0.29, 0.717) is 11.3 Å². The summed E-state index contributed by atoms with van der Waals surface area (Å²) in [4.78, 5) is 0. The van der Waals surface area contributed by atoms with E-state index in [-0.39, 0.29) is 5.56 Å². The van der Waals surface area contributed by atoms with Crippen LogP contribution >= 0.6 is 0 Å². The molecule has 0 saturated carbocycles. The number of nitrogens with two attached hydrogens (primary N) is 2. The molecule has 0 aliphatic heterocycles. The van der Waals surface area contributed by atoms with E-state index < -0.39 is 12.2 Å². The van der Waals surface area contributed by atoms with Crippen LogP contribution in [-0.2, 0) is 0 Å². The van der Waals surface area contributed by atoms with Crippen molar-refractivity contribution >= 4 is 5.69 Å². The lowest BCUT2D eigenvalue weighted by Gasteiger charge is -2.18. The lowest BCUT2D eigenvalue weighted by Crippen LogP contribution is -2.29. The Balaban J connectivity index is 3.14. The van der Waals surface area contributed by atoms with Gasteiger partial charge in [-0.1, -0.05) is 12.1 Å². The van der Waals surface area contributed by atoms with Gasteiger partial charge in [-0.15, -0.1) is 0 Å². The molecule has 2 nitrogen and oxygen atoms in total. The molecule has 0 amide bonds. The third-order valence-corrected chi connectivity index (χ3v) is 2.11. The molecule has 5 heteroatoms. The molecule has 0 aliphatic carbocycles. The average Bonchev–Trinajstić information content (AvgIpc) is 2.07. The van der Waals surface area contributed by atoms with Crippen molar-refractivity contribution in [3.05, 3.63) is 29.3 Å². The van der Waals surface area contributed by atoms with Gasteiger partial charge in [-0.2, -0.15) is 13.2 Å². The molecular weight excluding hydrogens is 193 g/mol. The van der Waals surface area contributed by atoms with Gasteiger partial charge in [0.25, 0.3) is 0 Å². The van der Waals surface area contributed by atoms with E-state index in [4.69, 9.17) is 11.5 Å². The summed E-state index contributed by atoms with van der Waals surface area (Å²) in [5.41, 5.74) is 11.3. The van der Waals surface area contributed by atoms with Crippen LogP contribution in [0.3, 0.4) is 0 Å². The van der Waals surface area contributed by atoms with Crippen molar-refractivity contribution in [1.82, 2.24) is 0 Å². The smallest absolute Gasteiger partial charge is 0.399 e. The van der Waals surface area contributed by atoms with E-state index in [1.807, 2.05) is 0 Å². The van der Waals surface area contributed by atoms with Gasteiger partial charge < -0.3 is 11.5 Å². The largest absolute Gasteiger partial charge is 0.407 e. The fraction of sp³-hybridized carbons (Fsp3) is 0.333. The number of hydrogen-bond donors (Lipinski definition) is 2. The number of anilines is 1. The number of halogens is 3. The Hall–Kier alpha value is -1.23. The highest BCUT2D eigenvalue weighted by atomic mass is 19.4. The van der Waals surface area contributed by atoms with Crippen LogP contribution in [0.1, 0.15) is 17.2 Å². The SMILES string of the molecule is Cc1c(N)cccc1[C@@H](N)C(F)(F)F. The van der Waals surface area contributed by atoms with Crippen LogP contribution in [0, 0.1) is 6.92 Å². The highest BCUT2D eigenvalue weighted by Gasteiger charge is 2.38. The molecule has 0 aromatic heterocycles.